The van der Waals surface area contributed by atoms with Gasteiger partial charge in [0.05, 0.1) is 6.10 Å². The van der Waals surface area contributed by atoms with Crippen LogP contribution in [-0.2, 0) is 4.74 Å². The predicted molar refractivity (Wildman–Crippen MR) is 125 cm³/mol. The number of benzene rings is 1. The smallest absolute Gasteiger partial charge is 0.253 e. The lowest BCUT2D eigenvalue weighted by molar-refractivity contribution is -0.0493. The molecule has 5 rings (SSSR count). The first-order chi connectivity index (χ1) is 15.1. The van der Waals surface area contributed by atoms with Gasteiger partial charge in [-0.1, -0.05) is 0 Å². The van der Waals surface area contributed by atoms with Gasteiger partial charge in [0, 0.05) is 50.1 Å². The molecule has 170 valence electrons. The zero-order valence-electron chi connectivity index (χ0n) is 19.3. The maximum absolute atomic E-state index is 13.3. The minimum absolute atomic E-state index is 0.205. The number of carbonyl (C=O) groups is 1. The molecular formula is C26H39N3O2. The molecule has 5 heteroatoms. The molecule has 0 spiro atoms. The highest BCUT2D eigenvalue weighted by Gasteiger charge is 2.45. The number of likely N-dealkylation sites (N-methyl/N-ethyl adjacent to an activating group) is 1. The Kier molecular flexibility index (Phi) is 6.25. The Morgan fingerprint density at radius 1 is 1.00 bits per heavy atom. The number of anilines is 1. The van der Waals surface area contributed by atoms with E-state index in [1.807, 2.05) is 12.1 Å². The molecule has 2 heterocycles. The molecule has 1 amide bonds. The van der Waals surface area contributed by atoms with Crippen LogP contribution in [0, 0.1) is 17.8 Å². The average Bonchev–Trinajstić information content (AvgIpc) is 3.54. The van der Waals surface area contributed by atoms with Crippen molar-refractivity contribution in [1.82, 2.24) is 9.80 Å². The Morgan fingerprint density at radius 3 is 2.32 bits per heavy atom. The Balaban J connectivity index is 1.21. The average molecular weight is 426 g/mol. The standard InChI is InChI=1S/C26H39N3O2/c1-27(2)24-14-21-16-29(17-22(21)15-25(24)31-18-19-6-7-19)26(30)20-8-10-23(11-9-20)28-12-4-3-5-13-28/h8-11,19,21-22,24-25H,3-7,12-18H2,1-2H3/t21-,22+,24-,25-/m1/s1. The summed E-state index contributed by atoms with van der Waals surface area (Å²) in [5, 5.41) is 0. The Bertz CT molecular complexity index is 754. The first-order valence-corrected chi connectivity index (χ1v) is 12.5. The Hall–Kier alpha value is -1.59. The van der Waals surface area contributed by atoms with E-state index < -0.39 is 0 Å². The summed E-state index contributed by atoms with van der Waals surface area (Å²) >= 11 is 0. The summed E-state index contributed by atoms with van der Waals surface area (Å²) in [6.45, 7) is 5.00. The first-order valence-electron chi connectivity index (χ1n) is 12.5. The van der Waals surface area contributed by atoms with Gasteiger partial charge in [-0.05, 0) is 101 Å². The summed E-state index contributed by atoms with van der Waals surface area (Å²) in [5.41, 5.74) is 2.10. The topological polar surface area (TPSA) is 36.0 Å². The zero-order chi connectivity index (χ0) is 21.4. The van der Waals surface area contributed by atoms with Gasteiger partial charge in [-0.3, -0.25) is 4.79 Å². The third kappa shape index (κ3) is 4.78. The van der Waals surface area contributed by atoms with Gasteiger partial charge in [-0.15, -0.1) is 0 Å². The van der Waals surface area contributed by atoms with Crippen LogP contribution in [0.3, 0.4) is 0 Å². The summed E-state index contributed by atoms with van der Waals surface area (Å²) in [6.07, 6.45) is 9.12. The quantitative estimate of drug-likeness (QED) is 0.693. The van der Waals surface area contributed by atoms with Gasteiger partial charge >= 0.3 is 0 Å². The third-order valence-electron chi connectivity index (χ3n) is 8.11. The highest BCUT2D eigenvalue weighted by atomic mass is 16.5. The fourth-order valence-corrected chi connectivity index (χ4v) is 5.97. The molecular weight excluding hydrogens is 386 g/mol. The maximum atomic E-state index is 13.3. The van der Waals surface area contributed by atoms with Crippen LogP contribution in [0.4, 0.5) is 5.69 Å². The van der Waals surface area contributed by atoms with E-state index in [2.05, 4.69) is 40.9 Å². The number of likely N-dealkylation sites (tertiary alicyclic amines) is 1. The van der Waals surface area contributed by atoms with Crippen LogP contribution in [0.15, 0.2) is 24.3 Å². The molecule has 5 nitrogen and oxygen atoms in total. The van der Waals surface area contributed by atoms with E-state index in [1.54, 1.807) is 0 Å². The van der Waals surface area contributed by atoms with Crippen molar-refractivity contribution in [3.8, 4) is 0 Å². The van der Waals surface area contributed by atoms with Crippen molar-refractivity contribution < 1.29 is 9.53 Å². The molecule has 2 saturated heterocycles. The summed E-state index contributed by atoms with van der Waals surface area (Å²) in [4.78, 5) is 20.2. The van der Waals surface area contributed by atoms with E-state index in [0.717, 1.165) is 57.1 Å². The second-order valence-electron chi connectivity index (χ2n) is 10.6. The fourth-order valence-electron chi connectivity index (χ4n) is 5.97. The number of rotatable bonds is 6. The van der Waals surface area contributed by atoms with Crippen molar-refractivity contribution in [1.29, 1.82) is 0 Å². The molecule has 4 atom stereocenters. The van der Waals surface area contributed by atoms with Crippen LogP contribution in [-0.4, -0.2) is 74.7 Å². The van der Waals surface area contributed by atoms with Gasteiger partial charge in [0.25, 0.3) is 5.91 Å². The number of ether oxygens (including phenoxy) is 1. The lowest BCUT2D eigenvalue weighted by atomic mass is 9.77. The van der Waals surface area contributed by atoms with Crippen LogP contribution in [0.1, 0.15) is 55.3 Å². The molecule has 4 fully saturated rings. The zero-order valence-corrected chi connectivity index (χ0v) is 19.3. The van der Waals surface area contributed by atoms with Crippen LogP contribution in [0.25, 0.3) is 0 Å². The highest BCUT2D eigenvalue weighted by molar-refractivity contribution is 5.94. The van der Waals surface area contributed by atoms with E-state index in [4.69, 9.17) is 4.74 Å². The fraction of sp³-hybridized carbons (Fsp3) is 0.731. The van der Waals surface area contributed by atoms with Crippen LogP contribution < -0.4 is 4.90 Å². The van der Waals surface area contributed by atoms with E-state index in [9.17, 15) is 4.79 Å². The number of carbonyl (C=O) groups excluding carboxylic acids is 1. The lowest BCUT2D eigenvalue weighted by Gasteiger charge is -2.41. The number of amides is 1. The second kappa shape index (κ2) is 9.11. The molecule has 0 N–H and O–H groups in total. The predicted octanol–water partition coefficient (Wildman–Crippen LogP) is 3.88. The Morgan fingerprint density at radius 2 is 1.68 bits per heavy atom. The summed E-state index contributed by atoms with van der Waals surface area (Å²) in [6, 6.07) is 8.84. The molecule has 4 aliphatic rings. The molecule has 1 aromatic carbocycles. The monoisotopic (exact) mass is 425 g/mol. The van der Waals surface area contributed by atoms with E-state index in [1.165, 1.54) is 37.8 Å². The first kappa shape index (κ1) is 21.3. The molecule has 2 saturated carbocycles. The van der Waals surface area contributed by atoms with Crippen molar-refractivity contribution in [2.75, 3.05) is 51.8 Å². The van der Waals surface area contributed by atoms with Crippen molar-refractivity contribution >= 4 is 11.6 Å². The van der Waals surface area contributed by atoms with Crippen LogP contribution in [0.5, 0.6) is 0 Å². The van der Waals surface area contributed by atoms with Crippen molar-refractivity contribution in [2.24, 2.45) is 17.8 Å². The summed E-state index contributed by atoms with van der Waals surface area (Å²) in [7, 11) is 4.36. The van der Waals surface area contributed by atoms with Crippen molar-refractivity contribution in [2.45, 2.75) is 57.1 Å². The molecule has 0 bridgehead atoms. The Labute approximate surface area is 187 Å². The molecule has 0 unspecified atom stereocenters. The molecule has 31 heavy (non-hydrogen) atoms. The van der Waals surface area contributed by atoms with Gasteiger partial charge < -0.3 is 19.4 Å². The largest absolute Gasteiger partial charge is 0.376 e. The number of piperidine rings is 1. The van der Waals surface area contributed by atoms with Gasteiger partial charge in [0.2, 0.25) is 0 Å². The summed E-state index contributed by atoms with van der Waals surface area (Å²) < 4.78 is 6.39. The molecule has 2 aliphatic carbocycles. The minimum Gasteiger partial charge on any atom is -0.376 e. The van der Waals surface area contributed by atoms with Crippen molar-refractivity contribution in [3.63, 3.8) is 0 Å². The molecule has 1 aromatic rings. The number of nitrogens with zero attached hydrogens (tertiary/aromatic N) is 3. The molecule has 2 aliphatic heterocycles. The normalized spacial score (nSPS) is 31.2. The second-order valence-corrected chi connectivity index (χ2v) is 10.6. The minimum atomic E-state index is 0.205. The van der Waals surface area contributed by atoms with Gasteiger partial charge in [0.1, 0.15) is 0 Å². The third-order valence-corrected chi connectivity index (χ3v) is 8.11. The van der Waals surface area contributed by atoms with Gasteiger partial charge in [-0.25, -0.2) is 0 Å². The highest BCUT2D eigenvalue weighted by Crippen LogP contribution is 2.40. The SMILES string of the molecule is CN(C)[C@@H]1C[C@@H]2CN(C(=O)c3ccc(N4CCCCC4)cc3)C[C@@H]2C[C@H]1OCC1CC1. The number of hydrogen-bond acceptors (Lipinski definition) is 4. The lowest BCUT2D eigenvalue weighted by Crippen LogP contribution is -2.48. The van der Waals surface area contributed by atoms with E-state index in [0.29, 0.717) is 24.0 Å². The summed E-state index contributed by atoms with van der Waals surface area (Å²) in [5.74, 6) is 2.19. The van der Waals surface area contributed by atoms with Crippen LogP contribution in [0.2, 0.25) is 0 Å². The number of hydrogen-bond donors (Lipinski definition) is 0. The van der Waals surface area contributed by atoms with E-state index >= 15 is 0 Å². The van der Waals surface area contributed by atoms with Gasteiger partial charge in [0.15, 0.2) is 0 Å². The molecule has 0 aromatic heterocycles. The van der Waals surface area contributed by atoms with Crippen molar-refractivity contribution in [3.05, 3.63) is 29.8 Å². The number of fused-ring (bicyclic) bond motifs is 1. The maximum Gasteiger partial charge on any atom is 0.253 e. The van der Waals surface area contributed by atoms with Crippen LogP contribution >= 0.6 is 0 Å². The van der Waals surface area contributed by atoms with E-state index in [-0.39, 0.29) is 5.91 Å². The van der Waals surface area contributed by atoms with Gasteiger partial charge in [-0.2, -0.15) is 0 Å². The molecule has 0 radical (unpaired) electrons.